The van der Waals surface area contributed by atoms with Gasteiger partial charge in [-0.15, -0.1) is 17.5 Å². The number of aromatic nitrogens is 3. The van der Waals surface area contributed by atoms with Crippen LogP contribution in [0.25, 0.3) is 0 Å². The van der Waals surface area contributed by atoms with Crippen LogP contribution in [-0.4, -0.2) is 132 Å². The molecule has 4 aliphatic rings. The van der Waals surface area contributed by atoms with Crippen molar-refractivity contribution in [2.75, 3.05) is 93.9 Å². The van der Waals surface area contributed by atoms with E-state index in [0.717, 1.165) is 113 Å². The molecule has 3 unspecified atom stereocenters. The van der Waals surface area contributed by atoms with E-state index in [1.54, 1.807) is 18.0 Å². The number of rotatable bonds is 9. The van der Waals surface area contributed by atoms with Gasteiger partial charge in [0.25, 0.3) is 0 Å². The molecule has 12 nitrogen and oxygen atoms in total. The molecule has 4 fully saturated rings. The average molecular weight is 856 g/mol. The number of benzene rings is 2. The second-order valence-corrected chi connectivity index (χ2v) is 17.8. The Morgan fingerprint density at radius 2 is 1.38 bits per heavy atom. The molecule has 0 bridgehead atoms. The Labute approximate surface area is 350 Å². The number of H-pyrrole nitrogens is 1. The number of nitrogens with one attached hydrogen (secondary N) is 2. The first-order valence-electron chi connectivity index (χ1n) is 18.8. The molecule has 55 heavy (non-hydrogen) atoms. The first kappa shape index (κ1) is 45.5. The Bertz CT molecular complexity index is 1600. The fraction of sp³-hybridized carbons (Fsp3) is 0.605. The molecule has 4 saturated heterocycles. The summed E-state index contributed by atoms with van der Waals surface area (Å²) in [5, 5.41) is 20.9. The molecule has 0 radical (unpaired) electrons. The highest BCUT2D eigenvalue weighted by Crippen LogP contribution is 2.26. The number of anilines is 2. The van der Waals surface area contributed by atoms with Crippen LogP contribution in [0.4, 0.5) is 11.9 Å². The van der Waals surface area contributed by atoms with Crippen LogP contribution >= 0.6 is 47.4 Å². The van der Waals surface area contributed by atoms with Crippen LogP contribution in [0.2, 0.25) is 10.0 Å². The van der Waals surface area contributed by atoms with Gasteiger partial charge >= 0.3 is 0 Å². The minimum absolute atomic E-state index is 0. The van der Waals surface area contributed by atoms with Crippen molar-refractivity contribution in [3.05, 3.63) is 69.7 Å². The lowest BCUT2D eigenvalue weighted by Gasteiger charge is -2.44. The zero-order valence-electron chi connectivity index (χ0n) is 32.0. The molecule has 3 aromatic rings. The van der Waals surface area contributed by atoms with Gasteiger partial charge in [0.05, 0.1) is 31.5 Å². The number of nitrogens with two attached hydrogens (primary N) is 1. The van der Waals surface area contributed by atoms with Gasteiger partial charge in [-0.1, -0.05) is 58.2 Å². The van der Waals surface area contributed by atoms with Gasteiger partial charge in [-0.25, -0.2) is 5.10 Å². The largest absolute Gasteiger partial charge is 0.378 e. The van der Waals surface area contributed by atoms with Gasteiger partial charge in [-0.3, -0.25) is 9.80 Å². The van der Waals surface area contributed by atoms with Crippen molar-refractivity contribution in [1.29, 1.82) is 5.26 Å². The summed E-state index contributed by atoms with van der Waals surface area (Å²) in [5.74, 6) is 1.08. The Kier molecular flexibility index (Phi) is 20.3. The van der Waals surface area contributed by atoms with Crippen molar-refractivity contribution in [2.45, 2.75) is 62.7 Å². The standard InChI is InChI=1S/C18H25ClN6O.C16H23ClN2O.C4H8N2S2.ClH/c19-14-3-1-13(2-4-14)11-16-12-26-10-9-25(16)15-5-7-24(8-6-15)18-21-17(20)22-23-18;17-14-3-1-13(2-4-14)11-16-12-20-10-9-19(16)15-5-7-18-8-6-15;1-7-4-8(2)6-3-5;/h1-4,15-16H,5-12H2,(H3,20,21,22,23);1-4,15-16,18H,5-12H2;4H2,1-2H3;1H. The van der Waals surface area contributed by atoms with Gasteiger partial charge in [-0.2, -0.15) is 26.4 Å². The Balaban J connectivity index is 0.000000206. The predicted molar refractivity (Wildman–Crippen MR) is 232 cm³/mol. The summed E-state index contributed by atoms with van der Waals surface area (Å²) in [6, 6.07) is 18.6. The number of halogens is 3. The lowest BCUT2D eigenvalue weighted by molar-refractivity contribution is -0.0342. The molecule has 4 N–H and O–H groups in total. The number of hydrogen-bond acceptors (Lipinski definition) is 12. The summed E-state index contributed by atoms with van der Waals surface area (Å²) in [5.41, 5.74) is 8.30. The summed E-state index contributed by atoms with van der Waals surface area (Å²) in [6.45, 7) is 9.60. The fourth-order valence-electron chi connectivity index (χ4n) is 7.64. The number of nitrogens with zero attached hydrogens (tertiary/aromatic N) is 7. The van der Waals surface area contributed by atoms with E-state index in [-0.39, 0.29) is 23.1 Å². The number of nitrogen functional groups attached to an aromatic ring is 1. The molecule has 3 atom stereocenters. The number of ether oxygens (including phenoxy) is 2. The van der Waals surface area contributed by atoms with Crippen LogP contribution in [0.15, 0.2) is 52.9 Å². The number of morpholine rings is 2. The molecule has 17 heteroatoms. The van der Waals surface area contributed by atoms with E-state index >= 15 is 0 Å². The van der Waals surface area contributed by atoms with Gasteiger partial charge < -0.3 is 25.4 Å². The molecule has 4 aliphatic heterocycles. The smallest absolute Gasteiger partial charge is 0.246 e. The van der Waals surface area contributed by atoms with Crippen LogP contribution in [0, 0.1) is 11.5 Å². The first-order chi connectivity index (χ1) is 26.3. The van der Waals surface area contributed by atoms with Crippen LogP contribution < -0.4 is 16.0 Å². The maximum Gasteiger partial charge on any atom is 0.246 e. The highest BCUT2D eigenvalue weighted by atomic mass is 35.5. The number of thioether (sulfide) groups is 1. The van der Waals surface area contributed by atoms with E-state index in [9.17, 15) is 0 Å². The number of aromatic amines is 1. The molecule has 2 aromatic carbocycles. The monoisotopic (exact) mass is 854 g/mol. The Morgan fingerprint density at radius 1 is 0.873 bits per heavy atom. The topological polar surface area (TPSA) is 144 Å². The van der Waals surface area contributed by atoms with Gasteiger partial charge in [-0.05, 0) is 99.5 Å². The Hall–Kier alpha value is -2.16. The molecule has 7 rings (SSSR count). The number of piperidine rings is 2. The molecular formula is C38H57Cl3N10O2S2. The van der Waals surface area contributed by atoms with Crippen LogP contribution in [-0.2, 0) is 33.0 Å². The highest BCUT2D eigenvalue weighted by Gasteiger charge is 2.33. The SMILES string of the molecule is CSCS(C)=NC#N.Cl.Clc1ccc(CC2COCCN2C2CCNCC2)cc1.Nc1nc(N2CCC(N3CCOCC3Cc3ccc(Cl)cc3)CC2)n[nH]1. The van der Waals surface area contributed by atoms with Crippen molar-refractivity contribution < 1.29 is 9.47 Å². The number of hydrogen-bond donors (Lipinski definition) is 3. The third-order valence-corrected chi connectivity index (χ3v) is 13.5. The van der Waals surface area contributed by atoms with Gasteiger partial charge in [0.15, 0.2) is 0 Å². The van der Waals surface area contributed by atoms with Crippen molar-refractivity contribution in [2.24, 2.45) is 4.36 Å². The van der Waals surface area contributed by atoms with Crippen LogP contribution in [0.1, 0.15) is 36.8 Å². The summed E-state index contributed by atoms with van der Waals surface area (Å²) in [4.78, 5) is 11.8. The third-order valence-electron chi connectivity index (χ3n) is 10.3. The summed E-state index contributed by atoms with van der Waals surface area (Å²) in [7, 11) is -0.0432. The van der Waals surface area contributed by atoms with E-state index in [1.807, 2.05) is 36.8 Å². The molecule has 0 saturated carbocycles. The second-order valence-electron chi connectivity index (χ2n) is 14.0. The van der Waals surface area contributed by atoms with E-state index in [2.05, 4.69) is 63.8 Å². The quantitative estimate of drug-likeness (QED) is 0.221. The zero-order valence-corrected chi connectivity index (χ0v) is 35.9. The first-order valence-corrected chi connectivity index (χ1v) is 22.7. The minimum Gasteiger partial charge on any atom is -0.378 e. The van der Waals surface area contributed by atoms with Crippen molar-refractivity contribution in [3.8, 4) is 6.19 Å². The molecule has 1 aromatic heterocycles. The molecule has 304 valence electrons. The second kappa shape index (κ2) is 24.6. The lowest BCUT2D eigenvalue weighted by atomic mass is 9.97. The number of nitriles is 1. The Morgan fingerprint density at radius 3 is 1.84 bits per heavy atom. The molecule has 5 heterocycles. The van der Waals surface area contributed by atoms with Crippen LogP contribution in [0.5, 0.6) is 0 Å². The zero-order chi connectivity index (χ0) is 38.1. The summed E-state index contributed by atoms with van der Waals surface area (Å²) < 4.78 is 15.1. The minimum atomic E-state index is -0.0432. The van der Waals surface area contributed by atoms with Gasteiger partial charge in [0.1, 0.15) is 0 Å². The van der Waals surface area contributed by atoms with Gasteiger partial charge in [0.2, 0.25) is 18.1 Å². The highest BCUT2D eigenvalue weighted by molar-refractivity contribution is 8.10. The van der Waals surface area contributed by atoms with E-state index in [0.29, 0.717) is 30.0 Å². The van der Waals surface area contributed by atoms with Gasteiger partial charge in [0, 0.05) is 60.4 Å². The van der Waals surface area contributed by atoms with Crippen molar-refractivity contribution in [3.63, 3.8) is 0 Å². The maximum absolute atomic E-state index is 8.04. The summed E-state index contributed by atoms with van der Waals surface area (Å²) in [6.07, 6.45) is 12.5. The predicted octanol–water partition coefficient (Wildman–Crippen LogP) is 5.93. The summed E-state index contributed by atoms with van der Waals surface area (Å²) >= 11 is 13.7. The molecule has 0 amide bonds. The van der Waals surface area contributed by atoms with Crippen molar-refractivity contribution >= 4 is 70.0 Å². The maximum atomic E-state index is 8.04. The van der Waals surface area contributed by atoms with Crippen LogP contribution in [0.3, 0.4) is 0 Å². The molecule has 0 spiro atoms. The van der Waals surface area contributed by atoms with Crippen molar-refractivity contribution in [1.82, 2.24) is 30.3 Å². The van der Waals surface area contributed by atoms with E-state index in [4.69, 9.17) is 43.7 Å². The lowest BCUT2D eigenvalue weighted by Crippen LogP contribution is -2.54. The fourth-order valence-corrected chi connectivity index (χ4v) is 9.61. The average Bonchev–Trinajstić information content (AvgIpc) is 3.64. The molecule has 0 aliphatic carbocycles. The third kappa shape index (κ3) is 14.9. The van der Waals surface area contributed by atoms with E-state index in [1.165, 1.54) is 24.0 Å². The molecular weight excluding hydrogens is 799 g/mol. The normalized spacial score (nSPS) is 22.0. The van der Waals surface area contributed by atoms with E-state index < -0.39 is 0 Å².